The van der Waals surface area contributed by atoms with Crippen molar-refractivity contribution < 1.29 is 9.47 Å². The van der Waals surface area contributed by atoms with E-state index in [1.54, 1.807) is 7.11 Å². The molecule has 0 N–H and O–H groups in total. The van der Waals surface area contributed by atoms with E-state index >= 15 is 0 Å². The normalized spacial score (nSPS) is 22.8. The number of benzene rings is 1. The minimum Gasteiger partial charge on any atom is -0.497 e. The highest BCUT2D eigenvalue weighted by Crippen LogP contribution is 2.40. The van der Waals surface area contributed by atoms with Gasteiger partial charge in [-0.2, -0.15) is 5.26 Å². The van der Waals surface area contributed by atoms with Gasteiger partial charge in [-0.3, -0.25) is 0 Å². The Kier molecular flexibility index (Phi) is 4.67. The molecule has 1 heterocycles. The standard InChI is InChI=1S/C17H23NO2/c1-17(2)12-14(9-11-20-17)16(8-10-18)13-4-6-15(19-3)7-5-13/h4-7,14,16H,8-9,11-12H2,1-3H3/t14-,16+/m1/s1. The number of nitriles is 1. The highest BCUT2D eigenvalue weighted by atomic mass is 16.5. The monoisotopic (exact) mass is 273 g/mol. The average Bonchev–Trinajstić information content (AvgIpc) is 2.44. The summed E-state index contributed by atoms with van der Waals surface area (Å²) in [5, 5.41) is 9.15. The van der Waals surface area contributed by atoms with Crippen LogP contribution in [0, 0.1) is 17.2 Å². The fraction of sp³-hybridized carbons (Fsp3) is 0.588. The Labute approximate surface area is 121 Å². The Morgan fingerprint density at radius 3 is 2.65 bits per heavy atom. The van der Waals surface area contributed by atoms with E-state index in [1.807, 2.05) is 12.1 Å². The molecule has 1 aromatic carbocycles. The first-order valence-electron chi connectivity index (χ1n) is 7.20. The van der Waals surface area contributed by atoms with Crippen molar-refractivity contribution in [1.82, 2.24) is 0 Å². The summed E-state index contributed by atoms with van der Waals surface area (Å²) in [4.78, 5) is 0. The second-order valence-corrected chi connectivity index (χ2v) is 6.10. The molecule has 1 saturated heterocycles. The molecule has 0 bridgehead atoms. The molecule has 1 aliphatic rings. The van der Waals surface area contributed by atoms with E-state index in [9.17, 15) is 0 Å². The third kappa shape index (κ3) is 3.52. The number of rotatable bonds is 4. The Hall–Kier alpha value is -1.53. The molecule has 0 aliphatic carbocycles. The van der Waals surface area contributed by atoms with Crippen LogP contribution in [-0.4, -0.2) is 19.3 Å². The summed E-state index contributed by atoms with van der Waals surface area (Å²) < 4.78 is 11.0. The summed E-state index contributed by atoms with van der Waals surface area (Å²) in [5.41, 5.74) is 1.15. The van der Waals surface area contributed by atoms with E-state index in [4.69, 9.17) is 14.7 Å². The zero-order chi connectivity index (χ0) is 14.6. The van der Waals surface area contributed by atoms with Gasteiger partial charge in [0.05, 0.1) is 18.8 Å². The quantitative estimate of drug-likeness (QED) is 0.835. The highest BCUT2D eigenvalue weighted by Gasteiger charge is 2.34. The molecule has 0 saturated carbocycles. The molecular formula is C17H23NO2. The van der Waals surface area contributed by atoms with E-state index in [0.29, 0.717) is 12.3 Å². The van der Waals surface area contributed by atoms with Crippen LogP contribution in [0.4, 0.5) is 0 Å². The van der Waals surface area contributed by atoms with Crippen LogP contribution in [0.5, 0.6) is 5.75 Å². The summed E-state index contributed by atoms with van der Waals surface area (Å²) in [5.74, 6) is 1.65. The minimum absolute atomic E-state index is 0.0803. The maximum atomic E-state index is 9.15. The van der Waals surface area contributed by atoms with Crippen LogP contribution in [0.1, 0.15) is 44.6 Å². The zero-order valence-electron chi connectivity index (χ0n) is 12.6. The number of methoxy groups -OCH3 is 1. The van der Waals surface area contributed by atoms with Gasteiger partial charge in [-0.25, -0.2) is 0 Å². The second kappa shape index (κ2) is 6.28. The largest absolute Gasteiger partial charge is 0.497 e. The van der Waals surface area contributed by atoms with E-state index < -0.39 is 0 Å². The molecule has 0 amide bonds. The van der Waals surface area contributed by atoms with Crippen molar-refractivity contribution in [3.8, 4) is 11.8 Å². The first-order chi connectivity index (χ1) is 9.55. The van der Waals surface area contributed by atoms with Crippen molar-refractivity contribution in [3.63, 3.8) is 0 Å². The fourth-order valence-electron chi connectivity index (χ4n) is 3.13. The van der Waals surface area contributed by atoms with Crippen molar-refractivity contribution in [3.05, 3.63) is 29.8 Å². The van der Waals surface area contributed by atoms with Crippen LogP contribution in [0.3, 0.4) is 0 Å². The summed E-state index contributed by atoms with van der Waals surface area (Å²) in [7, 11) is 1.67. The molecule has 2 atom stereocenters. The van der Waals surface area contributed by atoms with Crippen molar-refractivity contribution >= 4 is 0 Å². The summed E-state index contributed by atoms with van der Waals surface area (Å²) in [6.45, 7) is 5.06. The van der Waals surface area contributed by atoms with Crippen LogP contribution in [0.25, 0.3) is 0 Å². The SMILES string of the molecule is COc1ccc([C@H](CC#N)[C@@H]2CCOC(C)(C)C2)cc1. The molecular weight excluding hydrogens is 250 g/mol. The molecule has 108 valence electrons. The smallest absolute Gasteiger partial charge is 0.118 e. The summed E-state index contributed by atoms with van der Waals surface area (Å²) >= 11 is 0. The average molecular weight is 273 g/mol. The van der Waals surface area contributed by atoms with Gasteiger partial charge in [0, 0.05) is 13.0 Å². The van der Waals surface area contributed by atoms with E-state index in [0.717, 1.165) is 25.2 Å². The maximum Gasteiger partial charge on any atom is 0.118 e. The molecule has 0 aromatic heterocycles. The first-order valence-corrected chi connectivity index (χ1v) is 7.20. The van der Waals surface area contributed by atoms with E-state index in [2.05, 4.69) is 32.0 Å². The maximum absolute atomic E-state index is 9.15. The van der Waals surface area contributed by atoms with E-state index in [1.165, 1.54) is 5.56 Å². The lowest BCUT2D eigenvalue weighted by atomic mass is 9.75. The highest BCUT2D eigenvalue weighted by molar-refractivity contribution is 5.30. The Morgan fingerprint density at radius 1 is 1.40 bits per heavy atom. The predicted octanol–water partition coefficient (Wildman–Crippen LogP) is 3.90. The lowest BCUT2D eigenvalue weighted by Crippen LogP contribution is -2.36. The summed E-state index contributed by atoms with van der Waals surface area (Å²) in [6, 6.07) is 10.5. The lowest BCUT2D eigenvalue weighted by Gasteiger charge is -2.39. The Bertz CT molecular complexity index is 473. The van der Waals surface area contributed by atoms with E-state index in [-0.39, 0.29) is 11.5 Å². The minimum atomic E-state index is -0.0803. The number of hydrogen-bond donors (Lipinski definition) is 0. The van der Waals surface area contributed by atoms with Crippen molar-refractivity contribution in [2.24, 2.45) is 5.92 Å². The Balaban J connectivity index is 2.19. The van der Waals surface area contributed by atoms with Crippen molar-refractivity contribution in [1.29, 1.82) is 5.26 Å². The van der Waals surface area contributed by atoms with Gasteiger partial charge in [0.1, 0.15) is 5.75 Å². The van der Waals surface area contributed by atoms with Crippen LogP contribution in [0.2, 0.25) is 0 Å². The molecule has 1 aromatic rings. The topological polar surface area (TPSA) is 42.2 Å². The number of nitrogens with zero attached hydrogens (tertiary/aromatic N) is 1. The van der Waals surface area contributed by atoms with Crippen LogP contribution < -0.4 is 4.74 Å². The lowest BCUT2D eigenvalue weighted by molar-refractivity contribution is -0.0766. The number of hydrogen-bond acceptors (Lipinski definition) is 3. The van der Waals surface area contributed by atoms with Gasteiger partial charge < -0.3 is 9.47 Å². The van der Waals surface area contributed by atoms with Gasteiger partial charge in [0.25, 0.3) is 0 Å². The fourth-order valence-corrected chi connectivity index (χ4v) is 3.13. The van der Waals surface area contributed by atoms with Gasteiger partial charge in [-0.05, 0) is 56.2 Å². The summed E-state index contributed by atoms with van der Waals surface area (Å²) in [6.07, 6.45) is 2.60. The van der Waals surface area contributed by atoms with Gasteiger partial charge in [-0.15, -0.1) is 0 Å². The molecule has 3 nitrogen and oxygen atoms in total. The Morgan fingerprint density at radius 2 is 2.10 bits per heavy atom. The second-order valence-electron chi connectivity index (χ2n) is 6.10. The molecule has 0 radical (unpaired) electrons. The van der Waals surface area contributed by atoms with Gasteiger partial charge in [0.2, 0.25) is 0 Å². The van der Waals surface area contributed by atoms with Gasteiger partial charge in [0.15, 0.2) is 0 Å². The van der Waals surface area contributed by atoms with Crippen LogP contribution in [-0.2, 0) is 4.74 Å². The molecule has 20 heavy (non-hydrogen) atoms. The van der Waals surface area contributed by atoms with Crippen molar-refractivity contribution in [2.75, 3.05) is 13.7 Å². The molecule has 1 fully saturated rings. The third-order valence-corrected chi connectivity index (χ3v) is 4.16. The van der Waals surface area contributed by atoms with Gasteiger partial charge >= 0.3 is 0 Å². The third-order valence-electron chi connectivity index (χ3n) is 4.16. The molecule has 0 unspecified atom stereocenters. The van der Waals surface area contributed by atoms with Gasteiger partial charge in [-0.1, -0.05) is 12.1 Å². The van der Waals surface area contributed by atoms with Crippen LogP contribution in [0.15, 0.2) is 24.3 Å². The molecule has 1 aliphatic heterocycles. The predicted molar refractivity (Wildman–Crippen MR) is 78.7 cm³/mol. The zero-order valence-corrected chi connectivity index (χ0v) is 12.6. The van der Waals surface area contributed by atoms with Crippen molar-refractivity contribution in [2.45, 2.75) is 44.6 Å². The molecule has 3 heteroatoms. The molecule has 0 spiro atoms. The number of ether oxygens (including phenoxy) is 2. The first kappa shape index (κ1) is 14.9. The molecule has 2 rings (SSSR count). The van der Waals surface area contributed by atoms with Crippen LogP contribution >= 0.6 is 0 Å².